The molecule has 0 aromatic carbocycles. The maximum absolute atomic E-state index is 12.5. The van der Waals surface area contributed by atoms with E-state index in [0.717, 1.165) is 25.9 Å². The molecule has 2 heterocycles. The third kappa shape index (κ3) is 3.48. The number of nitrogens with one attached hydrogen (secondary N) is 1. The molecule has 0 spiro atoms. The third-order valence-electron chi connectivity index (χ3n) is 3.88. The predicted molar refractivity (Wildman–Crippen MR) is 73.2 cm³/mol. The number of sulfone groups is 1. The van der Waals surface area contributed by atoms with Gasteiger partial charge in [0.25, 0.3) is 0 Å². The van der Waals surface area contributed by atoms with E-state index < -0.39 is 9.84 Å². The monoisotopic (exact) mass is 284 g/mol. The van der Waals surface area contributed by atoms with Crippen LogP contribution in [0, 0.1) is 18.3 Å². The van der Waals surface area contributed by atoms with Gasteiger partial charge in [-0.2, -0.15) is 0 Å². The van der Waals surface area contributed by atoms with E-state index >= 15 is 0 Å². The molecule has 6 heteroatoms. The molecule has 106 valence electrons. The second-order valence-corrected chi connectivity index (χ2v) is 7.48. The number of terminal acetylenes is 1. The zero-order valence-corrected chi connectivity index (χ0v) is 11.8. The van der Waals surface area contributed by atoms with Crippen molar-refractivity contribution in [2.24, 2.45) is 5.92 Å². The lowest BCUT2D eigenvalue weighted by Crippen LogP contribution is -2.46. The quantitative estimate of drug-likeness (QED) is 0.719. The molecule has 1 unspecified atom stereocenters. The first-order chi connectivity index (χ1) is 9.03. The molecular formula is C13H20N2O3S. The number of piperidine rings is 1. The second kappa shape index (κ2) is 5.93. The maximum Gasteiger partial charge on any atom is 0.226 e. The predicted octanol–water partition coefficient (Wildman–Crippen LogP) is -0.365. The number of carbonyl (C=O) groups is 1. The Labute approximate surface area is 114 Å². The van der Waals surface area contributed by atoms with Crippen LogP contribution in [0.15, 0.2) is 0 Å². The van der Waals surface area contributed by atoms with Crippen molar-refractivity contribution in [3.05, 3.63) is 0 Å². The summed E-state index contributed by atoms with van der Waals surface area (Å²) in [6.07, 6.45) is 7.45. The molecule has 19 heavy (non-hydrogen) atoms. The Hall–Kier alpha value is -1.06. The summed E-state index contributed by atoms with van der Waals surface area (Å²) in [5.41, 5.74) is 0. The molecule has 0 aromatic rings. The van der Waals surface area contributed by atoms with Gasteiger partial charge in [-0.1, -0.05) is 5.92 Å². The molecule has 0 aromatic heterocycles. The minimum absolute atomic E-state index is 0.0158. The molecule has 1 amide bonds. The summed E-state index contributed by atoms with van der Waals surface area (Å²) in [6.45, 7) is 1.88. The molecule has 2 aliphatic rings. The molecule has 1 atom stereocenters. The van der Waals surface area contributed by atoms with Gasteiger partial charge in [-0.15, -0.1) is 6.42 Å². The Balaban J connectivity index is 2.07. The maximum atomic E-state index is 12.5. The van der Waals surface area contributed by atoms with Crippen LogP contribution in [0.5, 0.6) is 0 Å². The van der Waals surface area contributed by atoms with Crippen molar-refractivity contribution in [2.45, 2.75) is 25.3 Å². The van der Waals surface area contributed by atoms with Crippen molar-refractivity contribution in [1.29, 1.82) is 0 Å². The van der Waals surface area contributed by atoms with Gasteiger partial charge in [0.2, 0.25) is 5.91 Å². The average Bonchev–Trinajstić information content (AvgIpc) is 2.76. The Morgan fingerprint density at radius 1 is 1.32 bits per heavy atom. The van der Waals surface area contributed by atoms with Gasteiger partial charge in [-0.3, -0.25) is 4.79 Å². The van der Waals surface area contributed by atoms with Gasteiger partial charge in [0.05, 0.1) is 18.1 Å². The number of rotatable bonds is 3. The summed E-state index contributed by atoms with van der Waals surface area (Å²) in [5, 5.41) is 3.22. The summed E-state index contributed by atoms with van der Waals surface area (Å²) < 4.78 is 23.1. The van der Waals surface area contributed by atoms with Gasteiger partial charge >= 0.3 is 0 Å². The van der Waals surface area contributed by atoms with Crippen LogP contribution in [-0.2, 0) is 14.6 Å². The topological polar surface area (TPSA) is 66.5 Å². The third-order valence-corrected chi connectivity index (χ3v) is 5.63. The fourth-order valence-electron chi connectivity index (χ4n) is 2.81. The minimum atomic E-state index is -3.00. The Morgan fingerprint density at radius 2 is 2.00 bits per heavy atom. The molecule has 2 fully saturated rings. The molecule has 2 aliphatic heterocycles. The molecule has 0 saturated carbocycles. The number of nitrogens with zero attached hydrogens (tertiary/aromatic N) is 1. The number of amides is 1. The van der Waals surface area contributed by atoms with Crippen molar-refractivity contribution in [3.8, 4) is 12.3 Å². The van der Waals surface area contributed by atoms with Gasteiger partial charge in [-0.25, -0.2) is 8.42 Å². The van der Waals surface area contributed by atoms with E-state index in [1.165, 1.54) is 0 Å². The van der Waals surface area contributed by atoms with Gasteiger partial charge in [-0.05, 0) is 32.4 Å². The van der Waals surface area contributed by atoms with Crippen LogP contribution in [0.2, 0.25) is 0 Å². The molecule has 2 saturated heterocycles. The van der Waals surface area contributed by atoms with E-state index in [4.69, 9.17) is 6.42 Å². The molecule has 0 aliphatic carbocycles. The van der Waals surface area contributed by atoms with Crippen LogP contribution < -0.4 is 5.32 Å². The van der Waals surface area contributed by atoms with Crippen molar-refractivity contribution in [2.75, 3.05) is 31.1 Å². The highest BCUT2D eigenvalue weighted by molar-refractivity contribution is 7.91. The summed E-state index contributed by atoms with van der Waals surface area (Å²) in [7, 11) is -3.00. The highest BCUT2D eigenvalue weighted by atomic mass is 32.2. The van der Waals surface area contributed by atoms with Crippen molar-refractivity contribution < 1.29 is 13.2 Å². The largest absolute Gasteiger partial charge is 0.327 e. The first-order valence-electron chi connectivity index (χ1n) is 6.68. The van der Waals surface area contributed by atoms with Crippen LogP contribution in [0.25, 0.3) is 0 Å². The summed E-state index contributed by atoms with van der Waals surface area (Å²) in [6, 6.07) is -0.233. The van der Waals surface area contributed by atoms with Gasteiger partial charge in [0.1, 0.15) is 0 Å². The van der Waals surface area contributed by atoms with Crippen LogP contribution in [0.1, 0.15) is 19.3 Å². The average molecular weight is 284 g/mol. The first kappa shape index (κ1) is 14.4. The van der Waals surface area contributed by atoms with E-state index in [1.54, 1.807) is 4.90 Å². The van der Waals surface area contributed by atoms with Crippen LogP contribution in [-0.4, -0.2) is 56.4 Å². The standard InChI is InChI=1S/C13H20N2O3S/c1-2-8-15(12-5-9-19(17,18)10-12)13(16)11-3-6-14-7-4-11/h1,11-12,14H,3-10H2. The van der Waals surface area contributed by atoms with Crippen molar-refractivity contribution >= 4 is 15.7 Å². The second-order valence-electron chi connectivity index (χ2n) is 5.25. The lowest BCUT2D eigenvalue weighted by atomic mass is 9.95. The Kier molecular flexibility index (Phi) is 4.48. The van der Waals surface area contributed by atoms with Crippen LogP contribution in [0.4, 0.5) is 0 Å². The Morgan fingerprint density at radius 3 is 2.53 bits per heavy atom. The Bertz CT molecular complexity index is 475. The van der Waals surface area contributed by atoms with E-state index in [0.29, 0.717) is 6.42 Å². The van der Waals surface area contributed by atoms with Crippen LogP contribution >= 0.6 is 0 Å². The van der Waals surface area contributed by atoms with Crippen molar-refractivity contribution in [1.82, 2.24) is 10.2 Å². The fraction of sp³-hybridized carbons (Fsp3) is 0.769. The van der Waals surface area contributed by atoms with Gasteiger partial charge in [0.15, 0.2) is 9.84 Å². The molecule has 1 N–H and O–H groups in total. The zero-order chi connectivity index (χ0) is 13.9. The van der Waals surface area contributed by atoms with Crippen molar-refractivity contribution in [3.63, 3.8) is 0 Å². The lowest BCUT2D eigenvalue weighted by molar-refractivity contribution is -0.137. The SMILES string of the molecule is C#CCN(C(=O)C1CCNCC1)C1CCS(=O)(=O)C1. The fourth-order valence-corrected chi connectivity index (χ4v) is 4.54. The van der Waals surface area contributed by atoms with Crippen LogP contribution in [0.3, 0.4) is 0 Å². The number of carbonyl (C=O) groups excluding carboxylic acids is 1. The molecule has 0 bridgehead atoms. The molecule has 0 radical (unpaired) electrons. The van der Waals surface area contributed by atoms with E-state index in [9.17, 15) is 13.2 Å². The summed E-state index contributed by atoms with van der Waals surface area (Å²) >= 11 is 0. The molecular weight excluding hydrogens is 264 g/mol. The highest BCUT2D eigenvalue weighted by Crippen LogP contribution is 2.22. The van der Waals surface area contributed by atoms with E-state index in [1.807, 2.05) is 0 Å². The van der Waals surface area contributed by atoms with Gasteiger partial charge in [0, 0.05) is 12.0 Å². The smallest absolute Gasteiger partial charge is 0.226 e. The lowest BCUT2D eigenvalue weighted by Gasteiger charge is -2.32. The molecule has 5 nitrogen and oxygen atoms in total. The minimum Gasteiger partial charge on any atom is -0.327 e. The first-order valence-corrected chi connectivity index (χ1v) is 8.51. The number of hydrogen-bond donors (Lipinski definition) is 1. The molecule has 2 rings (SSSR count). The highest BCUT2D eigenvalue weighted by Gasteiger charge is 2.36. The van der Waals surface area contributed by atoms with E-state index in [-0.39, 0.29) is 35.9 Å². The zero-order valence-electron chi connectivity index (χ0n) is 11.0. The van der Waals surface area contributed by atoms with Gasteiger partial charge < -0.3 is 10.2 Å². The normalized spacial score (nSPS) is 26.8. The number of hydrogen-bond acceptors (Lipinski definition) is 4. The van der Waals surface area contributed by atoms with E-state index in [2.05, 4.69) is 11.2 Å². The summed E-state index contributed by atoms with van der Waals surface area (Å²) in [4.78, 5) is 14.1. The summed E-state index contributed by atoms with van der Waals surface area (Å²) in [5.74, 6) is 2.73.